The molecule has 9 heteroatoms. The van der Waals surface area contributed by atoms with E-state index in [0.717, 1.165) is 41.0 Å². The Balaban J connectivity index is 1.40. The second kappa shape index (κ2) is 12.3. The molecule has 1 aliphatic heterocycles. The van der Waals surface area contributed by atoms with Crippen LogP contribution in [0.25, 0.3) is 17.3 Å². The van der Waals surface area contributed by atoms with Gasteiger partial charge in [0.1, 0.15) is 17.2 Å². The number of hydrogen-bond donors (Lipinski definition) is 2. The van der Waals surface area contributed by atoms with Gasteiger partial charge in [0.2, 0.25) is 0 Å². The summed E-state index contributed by atoms with van der Waals surface area (Å²) < 4.78 is 5.42. The van der Waals surface area contributed by atoms with Crippen molar-refractivity contribution in [2.24, 2.45) is 0 Å². The fourth-order valence-electron chi connectivity index (χ4n) is 3.78. The number of nitrogens with zero attached hydrogens (tertiary/aromatic N) is 2. The molecular weight excluding hydrogens is 460 g/mol. The van der Waals surface area contributed by atoms with Crippen molar-refractivity contribution in [3.63, 3.8) is 0 Å². The third kappa shape index (κ3) is 6.66. The van der Waals surface area contributed by atoms with Crippen molar-refractivity contribution in [2.75, 3.05) is 20.8 Å². The van der Waals surface area contributed by atoms with Gasteiger partial charge in [-0.2, -0.15) is 0 Å². The maximum Gasteiger partial charge on any atom is 0.295 e. The molecule has 4 rings (SSSR count). The van der Waals surface area contributed by atoms with Crippen molar-refractivity contribution in [2.45, 2.75) is 32.0 Å². The summed E-state index contributed by atoms with van der Waals surface area (Å²) in [5, 5.41) is 1.16. The van der Waals surface area contributed by atoms with Gasteiger partial charge in [0, 0.05) is 38.1 Å². The van der Waals surface area contributed by atoms with Gasteiger partial charge in [-0.15, -0.1) is 0 Å². The SMILES string of the molecule is CON(C)C(=O)c1[nH]c(Cc2ccc(/C=C/C(=O)NOC3CCCCO3)cc2)nc1-c1ccccc1. The minimum absolute atomic E-state index is 0.312. The van der Waals surface area contributed by atoms with Gasteiger partial charge in [-0.3, -0.25) is 14.4 Å². The van der Waals surface area contributed by atoms with E-state index in [9.17, 15) is 9.59 Å². The first-order chi connectivity index (χ1) is 17.5. The van der Waals surface area contributed by atoms with Crippen LogP contribution < -0.4 is 5.48 Å². The number of carbonyl (C=O) groups is 2. The minimum Gasteiger partial charge on any atom is -0.350 e. The Hall–Kier alpha value is -3.79. The topological polar surface area (TPSA) is 106 Å². The van der Waals surface area contributed by atoms with Crippen LogP contribution in [0, 0.1) is 0 Å². The molecule has 0 saturated carbocycles. The summed E-state index contributed by atoms with van der Waals surface area (Å²) in [4.78, 5) is 43.1. The van der Waals surface area contributed by atoms with Crippen molar-refractivity contribution in [1.29, 1.82) is 0 Å². The molecule has 2 heterocycles. The van der Waals surface area contributed by atoms with Gasteiger partial charge in [-0.25, -0.2) is 20.4 Å². The zero-order valence-corrected chi connectivity index (χ0v) is 20.4. The van der Waals surface area contributed by atoms with Crippen LogP contribution in [0.3, 0.4) is 0 Å². The number of hydroxylamine groups is 3. The Morgan fingerprint density at radius 2 is 1.94 bits per heavy atom. The molecule has 0 radical (unpaired) electrons. The predicted molar refractivity (Wildman–Crippen MR) is 134 cm³/mol. The largest absolute Gasteiger partial charge is 0.350 e. The molecule has 1 saturated heterocycles. The van der Waals surface area contributed by atoms with E-state index in [0.29, 0.717) is 30.2 Å². The van der Waals surface area contributed by atoms with Crippen LogP contribution >= 0.6 is 0 Å². The monoisotopic (exact) mass is 490 g/mol. The number of benzene rings is 2. The van der Waals surface area contributed by atoms with E-state index in [1.807, 2.05) is 54.6 Å². The highest BCUT2D eigenvalue weighted by Gasteiger charge is 2.22. The number of amides is 2. The predicted octanol–water partition coefficient (Wildman–Crippen LogP) is 3.89. The Labute approximate surface area is 210 Å². The molecule has 0 spiro atoms. The van der Waals surface area contributed by atoms with E-state index in [1.54, 1.807) is 13.1 Å². The summed E-state index contributed by atoms with van der Waals surface area (Å²) >= 11 is 0. The van der Waals surface area contributed by atoms with Gasteiger partial charge < -0.3 is 9.72 Å². The Kier molecular flexibility index (Phi) is 8.62. The first-order valence-corrected chi connectivity index (χ1v) is 11.8. The standard InChI is InChI=1S/C27H30N4O5/c1-31(34-2)27(33)26-25(21-8-4-3-5-9-21)28-22(29-26)18-20-13-11-19(12-14-20)15-16-23(32)30-36-24-10-6-7-17-35-24/h3-5,8-9,11-16,24H,6-7,10,17-18H2,1-2H3,(H,28,29)(H,30,32)/b16-15+. The number of imidazole rings is 1. The van der Waals surface area contributed by atoms with Crippen LogP contribution in [-0.2, 0) is 25.6 Å². The van der Waals surface area contributed by atoms with Crippen molar-refractivity contribution in [1.82, 2.24) is 20.5 Å². The van der Waals surface area contributed by atoms with Gasteiger partial charge in [0.15, 0.2) is 6.29 Å². The summed E-state index contributed by atoms with van der Waals surface area (Å²) in [7, 11) is 3.00. The second-order valence-corrected chi connectivity index (χ2v) is 8.39. The summed E-state index contributed by atoms with van der Waals surface area (Å²) in [6, 6.07) is 17.3. The normalized spacial score (nSPS) is 15.7. The van der Waals surface area contributed by atoms with Crippen LogP contribution in [0.5, 0.6) is 0 Å². The molecule has 1 fully saturated rings. The quantitative estimate of drug-likeness (QED) is 0.348. The van der Waals surface area contributed by atoms with Crippen LogP contribution in [0.4, 0.5) is 0 Å². The van der Waals surface area contributed by atoms with Crippen molar-refractivity contribution < 1.29 is 24.0 Å². The molecule has 1 aromatic heterocycles. The number of H-pyrrole nitrogens is 1. The van der Waals surface area contributed by atoms with Gasteiger partial charge in [0.05, 0.1) is 7.11 Å². The Morgan fingerprint density at radius 1 is 1.17 bits per heavy atom. The summed E-state index contributed by atoms with van der Waals surface area (Å²) in [6.45, 7) is 0.649. The van der Waals surface area contributed by atoms with Crippen LogP contribution in [-0.4, -0.2) is 53.9 Å². The van der Waals surface area contributed by atoms with Crippen LogP contribution in [0.2, 0.25) is 0 Å². The van der Waals surface area contributed by atoms with E-state index in [2.05, 4.69) is 10.5 Å². The molecule has 1 atom stereocenters. The molecule has 9 nitrogen and oxygen atoms in total. The highest BCUT2D eigenvalue weighted by Crippen LogP contribution is 2.24. The molecule has 1 aliphatic rings. The summed E-state index contributed by atoms with van der Waals surface area (Å²) in [5.74, 6) is -0.00477. The summed E-state index contributed by atoms with van der Waals surface area (Å²) in [5.41, 5.74) is 6.05. The lowest BCUT2D eigenvalue weighted by Gasteiger charge is -2.21. The molecule has 2 amide bonds. The number of hydrogen-bond acceptors (Lipinski definition) is 6. The lowest BCUT2D eigenvalue weighted by Crippen LogP contribution is -2.32. The van der Waals surface area contributed by atoms with Crippen LogP contribution in [0.15, 0.2) is 60.7 Å². The van der Waals surface area contributed by atoms with Gasteiger partial charge in [-0.1, -0.05) is 54.6 Å². The van der Waals surface area contributed by atoms with Crippen LogP contribution in [0.1, 0.15) is 46.7 Å². The number of ether oxygens (including phenoxy) is 1. The molecule has 0 bridgehead atoms. The second-order valence-electron chi connectivity index (χ2n) is 8.39. The smallest absolute Gasteiger partial charge is 0.295 e. The third-order valence-electron chi connectivity index (χ3n) is 5.78. The van der Waals surface area contributed by atoms with Gasteiger partial charge in [0.25, 0.3) is 11.8 Å². The number of aromatic amines is 1. The number of rotatable bonds is 9. The number of nitrogens with one attached hydrogen (secondary N) is 2. The van der Waals surface area contributed by atoms with E-state index in [1.165, 1.54) is 13.2 Å². The number of carbonyl (C=O) groups excluding carboxylic acids is 2. The lowest BCUT2D eigenvalue weighted by atomic mass is 10.1. The first-order valence-electron chi connectivity index (χ1n) is 11.8. The first kappa shape index (κ1) is 25.3. The third-order valence-corrected chi connectivity index (χ3v) is 5.78. The molecule has 3 aromatic rings. The van der Waals surface area contributed by atoms with E-state index in [4.69, 9.17) is 19.4 Å². The van der Waals surface area contributed by atoms with Crippen molar-refractivity contribution >= 4 is 17.9 Å². The van der Waals surface area contributed by atoms with E-state index >= 15 is 0 Å². The number of aromatic nitrogens is 2. The highest BCUT2D eigenvalue weighted by atomic mass is 16.8. The molecule has 2 aromatic carbocycles. The fourth-order valence-corrected chi connectivity index (χ4v) is 3.78. The van der Waals surface area contributed by atoms with Gasteiger partial charge >= 0.3 is 0 Å². The highest BCUT2D eigenvalue weighted by molar-refractivity contribution is 5.97. The average Bonchev–Trinajstić information content (AvgIpc) is 3.35. The molecule has 188 valence electrons. The zero-order chi connectivity index (χ0) is 25.3. The van der Waals surface area contributed by atoms with Crippen molar-refractivity contribution in [3.05, 3.63) is 83.3 Å². The van der Waals surface area contributed by atoms with Gasteiger partial charge in [-0.05, 0) is 30.0 Å². The minimum atomic E-state index is -0.384. The molecule has 1 unspecified atom stereocenters. The van der Waals surface area contributed by atoms with Crippen molar-refractivity contribution in [3.8, 4) is 11.3 Å². The molecule has 36 heavy (non-hydrogen) atoms. The summed E-state index contributed by atoms with van der Waals surface area (Å²) in [6.07, 6.45) is 6.06. The molecule has 0 aliphatic carbocycles. The Morgan fingerprint density at radius 3 is 2.64 bits per heavy atom. The lowest BCUT2D eigenvalue weighted by molar-refractivity contribution is -0.198. The maximum atomic E-state index is 12.8. The van der Waals surface area contributed by atoms with E-state index < -0.39 is 0 Å². The molecule has 2 N–H and O–H groups in total. The average molecular weight is 491 g/mol. The zero-order valence-electron chi connectivity index (χ0n) is 20.4. The Bertz CT molecular complexity index is 1180. The fraction of sp³-hybridized carbons (Fsp3) is 0.296. The molecular formula is C27H30N4O5. The maximum absolute atomic E-state index is 12.8. The van der Waals surface area contributed by atoms with E-state index in [-0.39, 0.29) is 18.1 Å².